The Hall–Kier alpha value is -4.08. The largest absolute Gasteiger partial charge is 0.443 e. The molecular formula is C26H22F2N6O2. The fourth-order valence-electron chi connectivity index (χ4n) is 6.12. The summed E-state index contributed by atoms with van der Waals surface area (Å²) in [5, 5.41) is 8.80. The monoisotopic (exact) mass is 488 g/mol. The first-order valence-corrected chi connectivity index (χ1v) is 11.6. The molecule has 0 aliphatic heterocycles. The zero-order valence-corrected chi connectivity index (χ0v) is 19.6. The highest BCUT2D eigenvalue weighted by molar-refractivity contribution is 5.76. The van der Waals surface area contributed by atoms with Gasteiger partial charge in [-0.3, -0.25) is 9.78 Å². The molecule has 8 nitrogen and oxygen atoms in total. The Bertz CT molecular complexity index is 1510. The Morgan fingerprint density at radius 2 is 1.92 bits per heavy atom. The number of fused-ring (bicyclic) bond motifs is 5. The number of hydrogen-bond donors (Lipinski definition) is 1. The van der Waals surface area contributed by atoms with Crippen molar-refractivity contribution in [3.05, 3.63) is 77.2 Å². The van der Waals surface area contributed by atoms with E-state index in [0.717, 1.165) is 24.1 Å². The maximum absolute atomic E-state index is 14.5. The molecule has 36 heavy (non-hydrogen) atoms. The Balaban J connectivity index is 1.46. The van der Waals surface area contributed by atoms with Crippen LogP contribution in [0.1, 0.15) is 55.3 Å². The topological polar surface area (TPSA) is 121 Å². The minimum Gasteiger partial charge on any atom is -0.443 e. The molecule has 0 radical (unpaired) electrons. The van der Waals surface area contributed by atoms with Gasteiger partial charge in [-0.2, -0.15) is 5.10 Å². The van der Waals surface area contributed by atoms with Gasteiger partial charge in [0.05, 0.1) is 46.4 Å². The molecule has 4 aromatic rings. The van der Waals surface area contributed by atoms with Crippen LogP contribution in [-0.2, 0) is 16.6 Å². The van der Waals surface area contributed by atoms with Crippen molar-refractivity contribution in [3.63, 3.8) is 0 Å². The number of aromatic nitrogens is 5. The molecule has 0 unspecified atom stereocenters. The molecule has 2 bridgehead atoms. The number of amides is 1. The van der Waals surface area contributed by atoms with Crippen molar-refractivity contribution >= 4 is 5.91 Å². The van der Waals surface area contributed by atoms with Gasteiger partial charge >= 0.3 is 0 Å². The Morgan fingerprint density at radius 1 is 1.14 bits per heavy atom. The van der Waals surface area contributed by atoms with Crippen molar-refractivity contribution in [1.82, 2.24) is 25.1 Å². The number of rotatable bonds is 5. The summed E-state index contributed by atoms with van der Waals surface area (Å²) in [7, 11) is 0. The molecule has 3 heterocycles. The van der Waals surface area contributed by atoms with Crippen LogP contribution >= 0.6 is 0 Å². The molecule has 0 saturated heterocycles. The molecule has 6 rings (SSSR count). The molecule has 2 N–H and O–H groups in total. The third-order valence-electron chi connectivity index (χ3n) is 7.80. The number of nitrogens with two attached hydrogens (primary N) is 1. The van der Waals surface area contributed by atoms with Crippen molar-refractivity contribution in [2.75, 3.05) is 0 Å². The van der Waals surface area contributed by atoms with Crippen LogP contribution in [0.15, 0.2) is 47.3 Å². The maximum atomic E-state index is 14.5. The smallest absolute Gasteiger partial charge is 0.246 e. The van der Waals surface area contributed by atoms with Gasteiger partial charge in [0.2, 0.25) is 11.8 Å². The van der Waals surface area contributed by atoms with Gasteiger partial charge in [-0.05, 0) is 47.9 Å². The second kappa shape index (κ2) is 7.71. The summed E-state index contributed by atoms with van der Waals surface area (Å²) in [5.74, 6) is -1.53. The Labute approximate surface area is 205 Å². The van der Waals surface area contributed by atoms with Crippen LogP contribution in [0, 0.1) is 17.0 Å². The van der Waals surface area contributed by atoms with Crippen LogP contribution in [0.25, 0.3) is 22.8 Å². The first kappa shape index (κ1) is 22.4. The number of primary amides is 1. The molecule has 1 fully saturated rings. The zero-order valence-electron chi connectivity index (χ0n) is 19.6. The summed E-state index contributed by atoms with van der Waals surface area (Å²) in [6.07, 6.45) is 6.23. The minimum absolute atomic E-state index is 0.0385. The van der Waals surface area contributed by atoms with Crippen LogP contribution in [0.5, 0.6) is 0 Å². The van der Waals surface area contributed by atoms with Crippen molar-refractivity contribution in [1.29, 1.82) is 0 Å². The van der Waals surface area contributed by atoms with E-state index in [1.165, 1.54) is 24.5 Å². The molecular weight excluding hydrogens is 466 g/mol. The minimum atomic E-state index is -0.679. The standard InChI is InChI=1S/C26H22F2N6O2/c1-25(2)15-6-7-26(25,20-11-30-10-19(32-20)24-31-13(12-36-24)8-21(29)35)23-14(15)9-18(33-34-23)22-16(27)4-3-5-17(22)28/h3-5,9-12,15H,6-8H2,1-2H3,(H2,29,35)/t15-,26-/m0/s1. The van der Waals surface area contributed by atoms with Crippen LogP contribution in [-0.4, -0.2) is 31.1 Å². The van der Waals surface area contributed by atoms with E-state index in [0.29, 0.717) is 17.1 Å². The number of halogens is 2. The van der Waals surface area contributed by atoms with Gasteiger partial charge in [0.1, 0.15) is 23.6 Å². The third kappa shape index (κ3) is 3.03. The highest BCUT2D eigenvalue weighted by atomic mass is 19.1. The average molecular weight is 488 g/mol. The Kier molecular flexibility index (Phi) is 4.79. The van der Waals surface area contributed by atoms with Gasteiger partial charge in [-0.25, -0.2) is 18.7 Å². The molecule has 2 aliphatic rings. The van der Waals surface area contributed by atoms with Crippen LogP contribution < -0.4 is 5.73 Å². The lowest BCUT2D eigenvalue weighted by molar-refractivity contribution is -0.117. The van der Waals surface area contributed by atoms with Crippen LogP contribution in [0.2, 0.25) is 0 Å². The molecule has 2 atom stereocenters. The molecule has 0 spiro atoms. The fraction of sp³-hybridized carbons (Fsp3) is 0.308. The third-order valence-corrected chi connectivity index (χ3v) is 7.80. The summed E-state index contributed by atoms with van der Waals surface area (Å²) in [5.41, 5.74) is 7.53. The molecule has 1 saturated carbocycles. The lowest BCUT2D eigenvalue weighted by atomic mass is 9.66. The van der Waals surface area contributed by atoms with Gasteiger partial charge in [0, 0.05) is 6.20 Å². The average Bonchev–Trinajstić information content (AvgIpc) is 3.46. The van der Waals surface area contributed by atoms with Gasteiger partial charge in [0.15, 0.2) is 0 Å². The van der Waals surface area contributed by atoms with E-state index in [4.69, 9.17) is 15.1 Å². The first-order valence-electron chi connectivity index (χ1n) is 11.6. The van der Waals surface area contributed by atoms with Crippen molar-refractivity contribution < 1.29 is 18.0 Å². The summed E-state index contributed by atoms with van der Waals surface area (Å²) in [6.45, 7) is 4.31. The fourth-order valence-corrected chi connectivity index (χ4v) is 6.12. The highest BCUT2D eigenvalue weighted by Crippen LogP contribution is 2.69. The number of hydrogen-bond acceptors (Lipinski definition) is 7. The van der Waals surface area contributed by atoms with E-state index in [9.17, 15) is 13.6 Å². The number of nitrogens with zero attached hydrogens (tertiary/aromatic N) is 5. The molecule has 10 heteroatoms. The second-order valence-corrected chi connectivity index (χ2v) is 9.93. The molecule has 1 aromatic carbocycles. The Morgan fingerprint density at radius 3 is 2.67 bits per heavy atom. The van der Waals surface area contributed by atoms with E-state index >= 15 is 0 Å². The number of benzene rings is 1. The number of carbonyl (C=O) groups is 1. The van der Waals surface area contributed by atoms with Crippen molar-refractivity contribution in [2.45, 2.75) is 44.4 Å². The molecule has 2 aliphatic carbocycles. The van der Waals surface area contributed by atoms with Gasteiger partial charge in [0.25, 0.3) is 0 Å². The van der Waals surface area contributed by atoms with E-state index in [-0.39, 0.29) is 34.9 Å². The van der Waals surface area contributed by atoms with Gasteiger partial charge < -0.3 is 10.2 Å². The van der Waals surface area contributed by atoms with E-state index in [2.05, 4.69) is 34.0 Å². The molecule has 3 aromatic heterocycles. The number of carbonyl (C=O) groups excluding carboxylic acids is 1. The van der Waals surface area contributed by atoms with Gasteiger partial charge in [-0.15, -0.1) is 5.10 Å². The predicted molar refractivity (Wildman–Crippen MR) is 124 cm³/mol. The van der Waals surface area contributed by atoms with E-state index < -0.39 is 23.0 Å². The molecule has 182 valence electrons. The molecule has 1 amide bonds. The highest BCUT2D eigenvalue weighted by Gasteiger charge is 2.65. The van der Waals surface area contributed by atoms with E-state index in [1.807, 2.05) is 0 Å². The van der Waals surface area contributed by atoms with Crippen molar-refractivity contribution in [3.8, 4) is 22.8 Å². The van der Waals surface area contributed by atoms with Crippen LogP contribution in [0.3, 0.4) is 0 Å². The summed E-state index contributed by atoms with van der Waals surface area (Å²) >= 11 is 0. The van der Waals surface area contributed by atoms with Gasteiger partial charge in [-0.1, -0.05) is 19.9 Å². The number of oxazole rings is 1. The second-order valence-electron chi connectivity index (χ2n) is 9.93. The SMILES string of the molecule is CC1(C)[C@H]2CC[C@]1(c1cncc(-c3nc(CC(N)=O)co3)n1)c1nnc(-c3c(F)cccc3F)cc12. The predicted octanol–water partition coefficient (Wildman–Crippen LogP) is 4.10. The summed E-state index contributed by atoms with van der Waals surface area (Å²) in [4.78, 5) is 24.8. The maximum Gasteiger partial charge on any atom is 0.246 e. The van der Waals surface area contributed by atoms with Crippen molar-refractivity contribution in [2.24, 2.45) is 11.1 Å². The first-order chi connectivity index (χ1) is 17.2. The lowest BCUT2D eigenvalue weighted by Gasteiger charge is -2.37. The quantitative estimate of drug-likeness (QED) is 0.449. The van der Waals surface area contributed by atoms with Crippen LogP contribution in [0.4, 0.5) is 8.78 Å². The zero-order chi connectivity index (χ0) is 25.2. The normalized spacial score (nSPS) is 21.5. The summed E-state index contributed by atoms with van der Waals surface area (Å²) in [6, 6.07) is 5.51. The lowest BCUT2D eigenvalue weighted by Crippen LogP contribution is -2.38. The van der Waals surface area contributed by atoms with E-state index in [1.54, 1.807) is 18.5 Å². The summed E-state index contributed by atoms with van der Waals surface area (Å²) < 4.78 is 34.5.